The van der Waals surface area contributed by atoms with Crippen LogP contribution in [-0.4, -0.2) is 37.6 Å². The summed E-state index contributed by atoms with van der Waals surface area (Å²) in [6.07, 6.45) is 0.384. The molecule has 0 heterocycles. The molecule has 46 valence electrons. The average Bonchev–Trinajstić information content (AvgIpc) is 1.67. The van der Waals surface area contributed by atoms with E-state index in [4.69, 9.17) is 10.8 Å². The van der Waals surface area contributed by atoms with Crippen molar-refractivity contribution in [3.63, 3.8) is 0 Å². The Hall–Kier alpha value is -0.181. The van der Waals surface area contributed by atoms with Crippen LogP contribution in [-0.2, 0) is 4.79 Å². The molecule has 1 atom stereocenters. The minimum atomic E-state index is -0.962. The Bertz CT molecular complexity index is 104. The van der Waals surface area contributed by atoms with Gasteiger partial charge in [-0.2, -0.15) is 0 Å². The molecule has 0 spiro atoms. The molecule has 3 nitrogen and oxygen atoms in total. The fourth-order valence-electron chi connectivity index (χ4n) is 0.204. The van der Waals surface area contributed by atoms with E-state index in [0.717, 1.165) is 0 Å². The van der Waals surface area contributed by atoms with E-state index in [1.165, 1.54) is 0 Å². The predicted molar refractivity (Wildman–Crippen MR) is 32.0 cm³/mol. The van der Waals surface area contributed by atoms with Crippen molar-refractivity contribution < 1.29 is 9.90 Å². The van der Waals surface area contributed by atoms with E-state index in [-0.39, 0.29) is 0 Å². The van der Waals surface area contributed by atoms with Gasteiger partial charge in [0.25, 0.3) is 0 Å². The van der Waals surface area contributed by atoms with Crippen LogP contribution < -0.4 is 5.73 Å². The second-order valence-corrected chi connectivity index (χ2v) is 2.05. The summed E-state index contributed by atoms with van der Waals surface area (Å²) in [5.74, 6) is -0.962. The van der Waals surface area contributed by atoms with Crippen molar-refractivity contribution in [3.05, 3.63) is 0 Å². The molecule has 0 aromatic heterocycles. The molecular formula is C4H7NO2Se. The molecule has 0 aliphatic rings. The molecule has 0 amide bonds. The quantitative estimate of drug-likeness (QED) is 0.534. The molecule has 0 fully saturated rings. The van der Waals surface area contributed by atoms with Crippen LogP contribution in [0.2, 0.25) is 0 Å². The molecule has 4 heteroatoms. The Morgan fingerprint density at radius 3 is 2.62 bits per heavy atom. The summed E-state index contributed by atoms with van der Waals surface area (Å²) >= 11 is 2.56. The number of hydrogen-bond donors (Lipinski definition) is 2. The van der Waals surface area contributed by atoms with Crippen molar-refractivity contribution in [1.29, 1.82) is 0 Å². The van der Waals surface area contributed by atoms with E-state index >= 15 is 0 Å². The number of carboxylic acids is 1. The third-order valence-corrected chi connectivity index (χ3v) is 1.07. The van der Waals surface area contributed by atoms with Gasteiger partial charge in [0.2, 0.25) is 0 Å². The first-order valence-corrected chi connectivity index (χ1v) is 3.09. The van der Waals surface area contributed by atoms with Gasteiger partial charge in [0.1, 0.15) is 0 Å². The first kappa shape index (κ1) is 7.82. The summed E-state index contributed by atoms with van der Waals surface area (Å²) in [6.45, 7) is 0. The topological polar surface area (TPSA) is 63.3 Å². The molecule has 0 aliphatic heterocycles. The van der Waals surface area contributed by atoms with Gasteiger partial charge in [-0.05, 0) is 0 Å². The Morgan fingerprint density at radius 1 is 2.00 bits per heavy atom. The van der Waals surface area contributed by atoms with Gasteiger partial charge in [0, 0.05) is 0 Å². The second kappa shape index (κ2) is 3.78. The molecule has 1 unspecified atom stereocenters. The SMILES string of the molecule is NC(CC=[Se])C(=O)O. The Kier molecular flexibility index (Phi) is 3.69. The molecule has 0 aromatic rings. The molecule has 0 radical (unpaired) electrons. The van der Waals surface area contributed by atoms with E-state index in [1.807, 2.05) is 0 Å². The normalized spacial score (nSPS) is 12.6. The summed E-state index contributed by atoms with van der Waals surface area (Å²) in [7, 11) is 0. The van der Waals surface area contributed by atoms with E-state index in [9.17, 15) is 4.79 Å². The minimum absolute atomic E-state index is 0.384. The standard InChI is InChI=1S/C4H7NO2Se/c5-3(1-2-8)4(6)7/h2-3H,1,5H2,(H,6,7). The average molecular weight is 180 g/mol. The van der Waals surface area contributed by atoms with Crippen LogP contribution in [0.4, 0.5) is 0 Å². The Morgan fingerprint density at radius 2 is 2.50 bits per heavy atom. The number of nitrogens with two attached hydrogens (primary N) is 1. The van der Waals surface area contributed by atoms with Gasteiger partial charge in [0.05, 0.1) is 0 Å². The molecule has 0 aromatic carbocycles. The van der Waals surface area contributed by atoms with E-state index < -0.39 is 12.0 Å². The number of carbonyl (C=O) groups is 1. The fourth-order valence-corrected chi connectivity index (χ4v) is 0.639. The molecule has 3 N–H and O–H groups in total. The molecule has 0 saturated carbocycles. The van der Waals surface area contributed by atoms with Crippen molar-refractivity contribution in [2.75, 3.05) is 0 Å². The van der Waals surface area contributed by atoms with Crippen molar-refractivity contribution in [2.24, 2.45) is 5.73 Å². The maximum atomic E-state index is 9.93. The zero-order valence-corrected chi connectivity index (χ0v) is 5.92. The monoisotopic (exact) mass is 181 g/mol. The predicted octanol–water partition coefficient (Wildman–Crippen LogP) is -1.24. The van der Waals surface area contributed by atoms with Crippen molar-refractivity contribution in [2.45, 2.75) is 12.5 Å². The van der Waals surface area contributed by atoms with Crippen LogP contribution in [0.1, 0.15) is 6.42 Å². The zero-order valence-electron chi connectivity index (χ0n) is 4.20. The van der Waals surface area contributed by atoms with E-state index in [0.29, 0.717) is 6.42 Å². The number of carboxylic acid groups (broad SMARTS) is 1. The molecular weight excluding hydrogens is 173 g/mol. The number of rotatable bonds is 3. The second-order valence-electron chi connectivity index (χ2n) is 1.35. The number of aliphatic carboxylic acids is 1. The Labute approximate surface area is 55.2 Å². The van der Waals surface area contributed by atoms with Gasteiger partial charge in [-0.25, -0.2) is 0 Å². The maximum absolute atomic E-state index is 9.93. The summed E-state index contributed by atoms with van der Waals surface area (Å²) < 4.78 is 0. The van der Waals surface area contributed by atoms with Crippen molar-refractivity contribution in [1.82, 2.24) is 0 Å². The summed E-state index contributed by atoms with van der Waals surface area (Å²) in [4.78, 5) is 11.5. The van der Waals surface area contributed by atoms with Crippen LogP contribution in [0, 0.1) is 0 Å². The van der Waals surface area contributed by atoms with Gasteiger partial charge in [0.15, 0.2) is 0 Å². The summed E-state index contributed by atoms with van der Waals surface area (Å²) in [6, 6.07) is -0.753. The molecule has 0 aliphatic carbocycles. The zero-order chi connectivity index (χ0) is 6.57. The van der Waals surface area contributed by atoms with Gasteiger partial charge in [-0.15, -0.1) is 0 Å². The third-order valence-electron chi connectivity index (χ3n) is 0.667. The van der Waals surface area contributed by atoms with Crippen LogP contribution in [0.3, 0.4) is 0 Å². The van der Waals surface area contributed by atoms with E-state index in [1.54, 1.807) is 4.92 Å². The molecule has 8 heavy (non-hydrogen) atoms. The summed E-state index contributed by atoms with van der Waals surface area (Å²) in [5.41, 5.74) is 5.08. The first-order chi connectivity index (χ1) is 3.68. The molecule has 0 bridgehead atoms. The van der Waals surface area contributed by atoms with Crippen LogP contribution >= 0.6 is 0 Å². The van der Waals surface area contributed by atoms with Crippen LogP contribution in [0.25, 0.3) is 0 Å². The van der Waals surface area contributed by atoms with Gasteiger partial charge < -0.3 is 0 Å². The third kappa shape index (κ3) is 2.91. The first-order valence-electron chi connectivity index (χ1n) is 2.10. The summed E-state index contributed by atoms with van der Waals surface area (Å²) in [5, 5.41) is 8.15. The van der Waals surface area contributed by atoms with Gasteiger partial charge in [-0.1, -0.05) is 0 Å². The van der Waals surface area contributed by atoms with E-state index in [2.05, 4.69) is 15.6 Å². The van der Waals surface area contributed by atoms with Crippen LogP contribution in [0.15, 0.2) is 0 Å². The number of hydrogen-bond acceptors (Lipinski definition) is 2. The van der Waals surface area contributed by atoms with Crippen molar-refractivity contribution in [3.8, 4) is 0 Å². The van der Waals surface area contributed by atoms with Gasteiger partial charge >= 0.3 is 54.6 Å². The van der Waals surface area contributed by atoms with Crippen LogP contribution in [0.5, 0.6) is 0 Å². The van der Waals surface area contributed by atoms with Crippen molar-refractivity contribution >= 4 is 26.5 Å². The Balaban J connectivity index is 3.46. The van der Waals surface area contributed by atoms with Gasteiger partial charge in [-0.3, -0.25) is 0 Å². The fraction of sp³-hybridized carbons (Fsp3) is 0.500. The molecule has 0 saturated heterocycles. The molecule has 0 rings (SSSR count).